The van der Waals surface area contributed by atoms with E-state index < -0.39 is 34.5 Å². The minimum atomic E-state index is -0.685. The van der Waals surface area contributed by atoms with Crippen LogP contribution in [0.4, 0.5) is 30.6 Å². The molecule has 0 radical (unpaired) electrons. The molecule has 3 saturated heterocycles. The number of carbonyl (C=O) groups is 3. The number of para-hydroxylation sites is 1. The number of hydrogen-bond acceptors (Lipinski definition) is 19. The lowest BCUT2D eigenvalue weighted by Gasteiger charge is -2.41. The van der Waals surface area contributed by atoms with Gasteiger partial charge in [0.1, 0.15) is 72.0 Å². The van der Waals surface area contributed by atoms with Crippen LogP contribution >= 0.6 is 34.8 Å². The Balaban J connectivity index is 0.000000136. The van der Waals surface area contributed by atoms with Crippen LogP contribution in [0.2, 0.25) is 15.1 Å². The number of ether oxygens (including phenoxy) is 3. The van der Waals surface area contributed by atoms with Gasteiger partial charge in [0, 0.05) is 87.8 Å². The van der Waals surface area contributed by atoms with Crippen LogP contribution in [0.1, 0.15) is 96.4 Å². The zero-order valence-electron chi connectivity index (χ0n) is 67.7. The minimum absolute atomic E-state index is 0.0264. The third kappa shape index (κ3) is 14.6. The number of nitrogens with zero attached hydrogens (tertiary/aromatic N) is 13. The Morgan fingerprint density at radius 3 is 1.28 bits per heavy atom. The zero-order chi connectivity index (χ0) is 86.3. The number of carbonyl (C=O) groups excluding carboxylic acids is 3. The van der Waals surface area contributed by atoms with Crippen LogP contribution < -0.4 is 46.0 Å². The summed E-state index contributed by atoms with van der Waals surface area (Å²) in [4.78, 5) is 108. The summed E-state index contributed by atoms with van der Waals surface area (Å²) in [5.41, 5.74) is 2.70. The molecule has 4 atom stereocenters. The van der Waals surface area contributed by atoms with Crippen LogP contribution in [0.5, 0.6) is 34.5 Å². The average molecular weight is 1720 g/mol. The molecule has 25 nitrogen and oxygen atoms in total. The van der Waals surface area contributed by atoms with Crippen molar-refractivity contribution in [2.75, 3.05) is 93.4 Å². The second-order valence-electron chi connectivity index (χ2n) is 32.4. The van der Waals surface area contributed by atoms with Gasteiger partial charge in [0.2, 0.25) is 17.7 Å². The quantitative estimate of drug-likeness (QED) is 0.101. The first-order valence-electron chi connectivity index (χ1n) is 40.3. The van der Waals surface area contributed by atoms with Crippen LogP contribution in [0.15, 0.2) is 168 Å². The summed E-state index contributed by atoms with van der Waals surface area (Å²) in [5, 5.41) is 33.9. The number of hydrogen-bond donors (Lipinski definition) is 3. The number of pyridine rings is 1. The number of phenols is 3. The number of rotatable bonds is 11. The van der Waals surface area contributed by atoms with Gasteiger partial charge in [-0.3, -0.25) is 33.1 Å². The van der Waals surface area contributed by atoms with Gasteiger partial charge in [0.25, 0.3) is 0 Å². The molecule has 11 aromatic rings. The van der Waals surface area contributed by atoms with Gasteiger partial charge in [-0.1, -0.05) is 145 Å². The third-order valence-corrected chi connectivity index (χ3v) is 25.3. The van der Waals surface area contributed by atoms with Crippen molar-refractivity contribution < 1.29 is 57.1 Å². The van der Waals surface area contributed by atoms with Crippen LogP contribution in [0, 0.1) is 22.9 Å². The van der Waals surface area contributed by atoms with E-state index >= 15 is 13.2 Å². The molecule has 31 heteroatoms. The Hall–Kier alpha value is -12.4. The van der Waals surface area contributed by atoms with E-state index in [4.69, 9.17) is 49.0 Å². The predicted molar refractivity (Wildman–Crippen MR) is 464 cm³/mol. The summed E-state index contributed by atoms with van der Waals surface area (Å²) in [6, 6.07) is 26.9. The van der Waals surface area contributed by atoms with E-state index in [2.05, 4.69) is 53.5 Å². The first-order valence-corrected chi connectivity index (χ1v) is 41.4. The van der Waals surface area contributed by atoms with E-state index in [1.165, 1.54) is 82.0 Å². The fourth-order valence-electron chi connectivity index (χ4n) is 18.2. The van der Waals surface area contributed by atoms with Gasteiger partial charge in [-0.15, -0.1) is 0 Å². The summed E-state index contributed by atoms with van der Waals surface area (Å²) >= 11 is 20.8. The van der Waals surface area contributed by atoms with Crippen LogP contribution in [-0.4, -0.2) is 178 Å². The number of aromatic nitrogens is 7. The van der Waals surface area contributed by atoms with Gasteiger partial charge in [-0.25, -0.2) is 27.6 Å². The second-order valence-corrected chi connectivity index (χ2v) is 33.6. The van der Waals surface area contributed by atoms with Crippen LogP contribution in [0.25, 0.3) is 77.5 Å². The van der Waals surface area contributed by atoms with Crippen molar-refractivity contribution in [3.8, 4) is 79.3 Å². The van der Waals surface area contributed by atoms with E-state index in [0.717, 1.165) is 31.2 Å². The Kier molecular flexibility index (Phi) is 22.7. The van der Waals surface area contributed by atoms with Crippen LogP contribution in [0.3, 0.4) is 0 Å². The fourth-order valence-corrected chi connectivity index (χ4v) is 19.1. The molecule has 1 saturated carbocycles. The van der Waals surface area contributed by atoms with Crippen molar-refractivity contribution in [1.29, 1.82) is 0 Å². The van der Waals surface area contributed by atoms with E-state index in [0.29, 0.717) is 126 Å². The molecule has 0 spiro atoms. The van der Waals surface area contributed by atoms with E-state index in [-0.39, 0.29) is 162 Å². The average Bonchev–Trinajstić information content (AvgIpc) is 1.29. The normalized spacial score (nSPS) is 18.2. The van der Waals surface area contributed by atoms with E-state index in [1.54, 1.807) is 55.8 Å². The van der Waals surface area contributed by atoms with Crippen molar-refractivity contribution in [3.63, 3.8) is 0 Å². The lowest BCUT2D eigenvalue weighted by molar-refractivity contribution is -0.127. The van der Waals surface area contributed by atoms with Crippen molar-refractivity contribution in [1.82, 2.24) is 48.3 Å². The van der Waals surface area contributed by atoms with Gasteiger partial charge in [-0.2, -0.15) is 15.0 Å². The first kappa shape index (κ1) is 83.3. The van der Waals surface area contributed by atoms with Gasteiger partial charge in [-0.05, 0) is 127 Å². The topological polar surface area (TPSA) is 277 Å². The number of phenolic OH excluding ortho intramolecular Hbond substituents is 3. The van der Waals surface area contributed by atoms with Gasteiger partial charge < -0.3 is 58.9 Å². The largest absolute Gasteiger partial charge is 0.507 e. The summed E-state index contributed by atoms with van der Waals surface area (Å²) in [6.45, 7) is 27.1. The molecule has 6 aliphatic heterocycles. The summed E-state index contributed by atoms with van der Waals surface area (Å²) in [5.74, 6) is -1.45. The molecule has 630 valence electrons. The van der Waals surface area contributed by atoms with E-state index in [9.17, 15) is 44.1 Å². The molecule has 0 bridgehead atoms. The smallest absolute Gasteiger partial charge is 0.354 e. The summed E-state index contributed by atoms with van der Waals surface area (Å²) in [6.07, 6.45) is 9.29. The summed E-state index contributed by atoms with van der Waals surface area (Å²) in [7, 11) is 0. The predicted octanol–water partition coefficient (Wildman–Crippen LogP) is 15.2. The highest BCUT2D eigenvalue weighted by molar-refractivity contribution is 6.38. The molecule has 18 rings (SSSR count). The first-order chi connectivity index (χ1) is 58.5. The Bertz CT molecular complexity index is 6060. The van der Waals surface area contributed by atoms with Gasteiger partial charge in [0.15, 0.2) is 17.2 Å². The number of halogens is 6. The number of anilines is 3. The highest BCUT2D eigenvalue weighted by Gasteiger charge is 2.44. The minimum Gasteiger partial charge on any atom is -0.507 e. The molecule has 3 amide bonds. The molecule has 4 aromatic heterocycles. The number of benzene rings is 7. The molecule has 7 aromatic carbocycles. The maximum Gasteiger partial charge on any atom is 0.354 e. The molecular formula is C91H87Cl3F3N13O12. The molecule has 122 heavy (non-hydrogen) atoms. The van der Waals surface area contributed by atoms with Crippen molar-refractivity contribution in [2.45, 2.75) is 103 Å². The van der Waals surface area contributed by atoms with Crippen LogP contribution in [-0.2, 0) is 14.4 Å². The Morgan fingerprint density at radius 2 is 0.885 bits per heavy atom. The molecule has 1 aliphatic carbocycles. The highest BCUT2D eigenvalue weighted by Crippen LogP contribution is 2.54. The molecule has 7 aliphatic rings. The number of aromatic hydroxyl groups is 3. The van der Waals surface area contributed by atoms with Gasteiger partial charge in [0.05, 0.1) is 99.7 Å². The standard InChI is InChI=1S/C31H28ClFN4O4.C30H27ClFN5O4.C30H32ClFN4O4/c1-4-25(39)35-12-13-36-18(15-35)16-41-29-27-23(14-20(28(29)32)26-21(33)9-7-11-24(26)38)37(31(40)34-30(27)36)22-10-6-5-8-19(22)17(2)3;1-4-23(39)35-11-12-36-17(14-35)15-41-28-25-21(13-18(26(28)31)24-19(32)7-5-9-22(24)38)37(30(40)34-29(25)36)20-8-6-10-33-27(20)16(2)3;1-4-23(38)34-12-13-35-17(15-34)16-40-27-25-20(14-18(26(27)31)24-19(32)8-7-9-21(24)37)36(29(39)33-28(25)35)22-10-5-6-11-30(22,2)3/h4-11,14,17-18,38H,1,12-13,15-16H2,2-3H3;4-10,13,16-17,38H,1,11-12,14-15H2,2-3H3;4,7-9,14,17,22,37H,1,5-6,10-13,15-16H2,2-3H3. The third-order valence-electron chi connectivity index (χ3n) is 24.1. The molecule has 4 unspecified atom stereocenters. The number of amides is 3. The lowest BCUT2D eigenvalue weighted by atomic mass is 9.73. The lowest BCUT2D eigenvalue weighted by Crippen LogP contribution is -2.56. The van der Waals surface area contributed by atoms with Gasteiger partial charge >= 0.3 is 17.1 Å². The highest BCUT2D eigenvalue weighted by atomic mass is 35.5. The Morgan fingerprint density at radius 1 is 0.500 bits per heavy atom. The maximum absolute atomic E-state index is 15.2. The second kappa shape index (κ2) is 33.2. The van der Waals surface area contributed by atoms with Crippen molar-refractivity contribution in [3.05, 3.63) is 229 Å². The SMILES string of the molecule is C=CC(=O)N1CCN2c3nc(=O)n(-c4ccccc4C(C)C)c4cc(-c5c(O)cccc5F)c(Cl)c(c34)OCC2C1.C=CC(=O)N1CCN2c3nc(=O)n(-c4cccnc4C(C)C)c4cc(-c5c(O)cccc5F)c(Cl)c(c34)OCC2C1.C=CC(=O)N1CCN2c3nc(=O)n(C4CCCCC4(C)C)c4cc(-c5c(O)cccc5F)c(Cl)c(c34)OCC2C1. The van der Waals surface area contributed by atoms with Crippen molar-refractivity contribution >= 4 is 103 Å². The van der Waals surface area contributed by atoms with E-state index in [1.807, 2.05) is 66.7 Å². The zero-order valence-corrected chi connectivity index (χ0v) is 70.0. The molecular weight excluding hydrogens is 1630 g/mol. The number of piperazine rings is 3. The fraction of sp³-hybridized carbons (Fsp3) is 0.319. The maximum atomic E-state index is 15.2. The van der Waals surface area contributed by atoms with Crippen molar-refractivity contribution in [2.24, 2.45) is 5.41 Å². The molecule has 4 fully saturated rings. The Labute approximate surface area is 713 Å². The monoisotopic (exact) mass is 1720 g/mol. The number of fused-ring (bicyclic) bond motifs is 6. The summed E-state index contributed by atoms with van der Waals surface area (Å²) < 4.78 is 69.2. The molecule has 10 heterocycles. The molecule has 3 N–H and O–H groups in total.